The van der Waals surface area contributed by atoms with Crippen LogP contribution < -0.4 is 0 Å². The number of thiophene rings is 1. The van der Waals surface area contributed by atoms with Gasteiger partial charge in [-0.1, -0.05) is 6.07 Å². The molecule has 0 N–H and O–H groups in total. The number of methoxy groups -OCH3 is 1. The van der Waals surface area contributed by atoms with Crippen molar-refractivity contribution in [3.05, 3.63) is 22.4 Å². The minimum Gasteiger partial charge on any atom is -0.469 e. The zero-order valence-corrected chi connectivity index (χ0v) is 11.2. The van der Waals surface area contributed by atoms with E-state index in [0.29, 0.717) is 13.0 Å². The van der Waals surface area contributed by atoms with E-state index in [4.69, 9.17) is 4.74 Å². The average Bonchev–Trinajstić information content (AvgIpc) is 2.90. The van der Waals surface area contributed by atoms with E-state index in [-0.39, 0.29) is 17.8 Å². The van der Waals surface area contributed by atoms with E-state index >= 15 is 0 Å². The van der Waals surface area contributed by atoms with Gasteiger partial charge in [0.05, 0.1) is 19.4 Å². The monoisotopic (exact) mass is 267 g/mol. The highest BCUT2D eigenvalue weighted by Gasteiger charge is 2.28. The number of carbonyl (C=O) groups excluding carboxylic acids is 2. The third kappa shape index (κ3) is 3.10. The fraction of sp³-hybridized carbons (Fsp3) is 0.538. The molecule has 5 heteroatoms. The lowest BCUT2D eigenvalue weighted by Gasteiger charge is -2.31. The van der Waals surface area contributed by atoms with Crippen LogP contribution in [0.4, 0.5) is 0 Å². The number of esters is 1. The molecular formula is C13H17NO3S. The Bertz CT molecular complexity index is 416. The smallest absolute Gasteiger partial charge is 0.310 e. The molecule has 1 saturated heterocycles. The number of hydrogen-bond acceptors (Lipinski definition) is 4. The topological polar surface area (TPSA) is 46.6 Å². The number of nitrogens with zero attached hydrogens (tertiary/aromatic N) is 1. The summed E-state index contributed by atoms with van der Waals surface area (Å²) >= 11 is 1.59. The van der Waals surface area contributed by atoms with E-state index in [1.165, 1.54) is 7.11 Å². The van der Waals surface area contributed by atoms with Crippen LogP contribution in [0.5, 0.6) is 0 Å². The van der Waals surface area contributed by atoms with Crippen LogP contribution in [-0.4, -0.2) is 37.0 Å². The molecule has 98 valence electrons. The lowest BCUT2D eigenvalue weighted by Crippen LogP contribution is -2.43. The first-order valence-corrected chi connectivity index (χ1v) is 6.96. The van der Waals surface area contributed by atoms with Crippen LogP contribution in [-0.2, 0) is 20.7 Å². The van der Waals surface area contributed by atoms with Crippen molar-refractivity contribution in [2.75, 3.05) is 20.2 Å². The van der Waals surface area contributed by atoms with Crippen molar-refractivity contribution in [1.29, 1.82) is 0 Å². The van der Waals surface area contributed by atoms with Crippen LogP contribution in [0.1, 0.15) is 17.7 Å². The van der Waals surface area contributed by atoms with Gasteiger partial charge in [-0.2, -0.15) is 0 Å². The van der Waals surface area contributed by atoms with Crippen molar-refractivity contribution in [2.45, 2.75) is 19.3 Å². The summed E-state index contributed by atoms with van der Waals surface area (Å²) in [6.45, 7) is 1.24. The molecule has 0 aromatic carbocycles. The summed E-state index contributed by atoms with van der Waals surface area (Å²) in [6.07, 6.45) is 2.12. The summed E-state index contributed by atoms with van der Waals surface area (Å²) in [6, 6.07) is 3.91. The molecule has 2 heterocycles. The molecule has 0 aliphatic carbocycles. The van der Waals surface area contributed by atoms with E-state index in [9.17, 15) is 9.59 Å². The van der Waals surface area contributed by atoms with Gasteiger partial charge in [-0.15, -0.1) is 11.3 Å². The first kappa shape index (κ1) is 13.1. The molecular weight excluding hydrogens is 250 g/mol. The predicted molar refractivity (Wildman–Crippen MR) is 69.3 cm³/mol. The Hall–Kier alpha value is -1.36. The standard InChI is InChI=1S/C13H17NO3S/c1-17-13(16)10-4-2-6-14(9-10)12(15)8-11-5-3-7-18-11/h3,5,7,10H,2,4,6,8-9H2,1H3. The highest BCUT2D eigenvalue weighted by atomic mass is 32.1. The second-order valence-electron chi connectivity index (χ2n) is 4.46. The molecule has 1 unspecified atom stereocenters. The van der Waals surface area contributed by atoms with Crippen LogP contribution in [0.3, 0.4) is 0 Å². The van der Waals surface area contributed by atoms with Gasteiger partial charge in [0.1, 0.15) is 0 Å². The van der Waals surface area contributed by atoms with Crippen molar-refractivity contribution in [1.82, 2.24) is 4.90 Å². The summed E-state index contributed by atoms with van der Waals surface area (Å²) in [4.78, 5) is 26.4. The quantitative estimate of drug-likeness (QED) is 0.783. The SMILES string of the molecule is COC(=O)C1CCCN(C(=O)Cc2cccs2)C1. The third-order valence-corrected chi connectivity index (χ3v) is 4.09. The van der Waals surface area contributed by atoms with Gasteiger partial charge in [0, 0.05) is 18.0 Å². The fourth-order valence-corrected chi connectivity index (χ4v) is 2.93. The van der Waals surface area contributed by atoms with Gasteiger partial charge in [0.25, 0.3) is 0 Å². The normalized spacial score (nSPS) is 19.6. The van der Waals surface area contributed by atoms with E-state index in [2.05, 4.69) is 0 Å². The Labute approximate surface area is 111 Å². The second-order valence-corrected chi connectivity index (χ2v) is 5.49. The van der Waals surface area contributed by atoms with Crippen molar-refractivity contribution in [3.8, 4) is 0 Å². The molecule has 1 aliphatic rings. The molecule has 1 fully saturated rings. The Morgan fingerprint density at radius 2 is 2.39 bits per heavy atom. The molecule has 2 rings (SSSR count). The van der Waals surface area contributed by atoms with Gasteiger partial charge in [0.2, 0.25) is 5.91 Å². The Morgan fingerprint density at radius 3 is 3.06 bits per heavy atom. The van der Waals surface area contributed by atoms with Crippen LogP contribution >= 0.6 is 11.3 Å². The predicted octanol–water partition coefficient (Wildman–Crippen LogP) is 1.70. The number of piperidine rings is 1. The highest BCUT2D eigenvalue weighted by Crippen LogP contribution is 2.19. The van der Waals surface area contributed by atoms with Gasteiger partial charge < -0.3 is 9.64 Å². The Balaban J connectivity index is 1.92. The lowest BCUT2D eigenvalue weighted by molar-refractivity contribution is -0.148. The maximum Gasteiger partial charge on any atom is 0.310 e. The Morgan fingerprint density at radius 1 is 1.56 bits per heavy atom. The van der Waals surface area contributed by atoms with Crippen LogP contribution in [0.25, 0.3) is 0 Å². The molecule has 1 atom stereocenters. The van der Waals surface area contributed by atoms with E-state index < -0.39 is 0 Å². The fourth-order valence-electron chi connectivity index (χ4n) is 2.24. The van der Waals surface area contributed by atoms with Crippen molar-refractivity contribution < 1.29 is 14.3 Å². The van der Waals surface area contributed by atoms with Crippen molar-refractivity contribution in [3.63, 3.8) is 0 Å². The summed E-state index contributed by atoms with van der Waals surface area (Å²) in [5.41, 5.74) is 0. The van der Waals surface area contributed by atoms with E-state index in [1.54, 1.807) is 16.2 Å². The molecule has 1 aromatic heterocycles. The zero-order valence-electron chi connectivity index (χ0n) is 10.4. The molecule has 0 radical (unpaired) electrons. The number of amides is 1. The Kier molecular flexibility index (Phi) is 4.36. The number of ether oxygens (including phenoxy) is 1. The first-order chi connectivity index (χ1) is 8.70. The molecule has 0 bridgehead atoms. The van der Waals surface area contributed by atoms with Crippen LogP contribution in [0, 0.1) is 5.92 Å². The van der Waals surface area contributed by atoms with Crippen molar-refractivity contribution >= 4 is 23.2 Å². The van der Waals surface area contributed by atoms with Crippen molar-refractivity contribution in [2.24, 2.45) is 5.92 Å². The van der Waals surface area contributed by atoms with Crippen LogP contribution in [0.2, 0.25) is 0 Å². The van der Waals surface area contributed by atoms with Gasteiger partial charge >= 0.3 is 5.97 Å². The van der Waals surface area contributed by atoms with Gasteiger partial charge in [-0.05, 0) is 24.3 Å². The summed E-state index contributed by atoms with van der Waals surface area (Å²) < 4.78 is 4.75. The summed E-state index contributed by atoms with van der Waals surface area (Å²) in [5, 5.41) is 1.97. The summed E-state index contributed by atoms with van der Waals surface area (Å²) in [7, 11) is 1.40. The number of rotatable bonds is 3. The molecule has 1 aliphatic heterocycles. The first-order valence-electron chi connectivity index (χ1n) is 6.08. The molecule has 0 saturated carbocycles. The van der Waals surface area contributed by atoms with Gasteiger partial charge in [0.15, 0.2) is 0 Å². The van der Waals surface area contributed by atoms with Gasteiger partial charge in [-0.25, -0.2) is 0 Å². The number of hydrogen-bond donors (Lipinski definition) is 0. The number of likely N-dealkylation sites (tertiary alicyclic amines) is 1. The minimum atomic E-state index is -0.205. The molecule has 18 heavy (non-hydrogen) atoms. The second kappa shape index (κ2) is 6.00. The average molecular weight is 267 g/mol. The van der Waals surface area contributed by atoms with Gasteiger partial charge in [-0.3, -0.25) is 9.59 Å². The molecule has 1 aromatic rings. The maximum absolute atomic E-state index is 12.1. The largest absolute Gasteiger partial charge is 0.469 e. The lowest BCUT2D eigenvalue weighted by atomic mass is 9.98. The molecule has 1 amide bonds. The number of carbonyl (C=O) groups is 2. The van der Waals surface area contributed by atoms with Crippen LogP contribution in [0.15, 0.2) is 17.5 Å². The van der Waals surface area contributed by atoms with E-state index in [1.807, 2.05) is 17.5 Å². The highest BCUT2D eigenvalue weighted by molar-refractivity contribution is 7.10. The molecule has 4 nitrogen and oxygen atoms in total. The summed E-state index contributed by atoms with van der Waals surface area (Å²) in [5.74, 6) is -0.259. The zero-order chi connectivity index (χ0) is 13.0. The van der Waals surface area contributed by atoms with E-state index in [0.717, 1.165) is 24.3 Å². The minimum absolute atomic E-state index is 0.103. The third-order valence-electron chi connectivity index (χ3n) is 3.21. The maximum atomic E-state index is 12.1. The molecule has 0 spiro atoms.